The van der Waals surface area contributed by atoms with Crippen molar-refractivity contribution < 1.29 is 19.1 Å². The van der Waals surface area contributed by atoms with Crippen LogP contribution in [-0.4, -0.2) is 24.2 Å². The fraction of sp³-hybridized carbons (Fsp3) is 0.100. The zero-order valence-electron chi connectivity index (χ0n) is 20.0. The lowest BCUT2D eigenvalue weighted by Crippen LogP contribution is -2.33. The Labute approximate surface area is 210 Å². The topological polar surface area (TPSA) is 77.0 Å². The van der Waals surface area contributed by atoms with Crippen molar-refractivity contribution in [2.75, 3.05) is 0 Å². The molecule has 0 radical (unpaired) electrons. The predicted molar refractivity (Wildman–Crippen MR) is 140 cm³/mol. The van der Waals surface area contributed by atoms with Crippen molar-refractivity contribution >= 4 is 18.1 Å². The molecule has 0 aromatic heterocycles. The van der Waals surface area contributed by atoms with Crippen molar-refractivity contribution in [3.05, 3.63) is 120 Å². The maximum absolute atomic E-state index is 12.4. The molecule has 1 amide bonds. The highest BCUT2D eigenvalue weighted by atomic mass is 16.5. The molecule has 6 nitrogen and oxygen atoms in total. The minimum absolute atomic E-state index is 0.373. The smallest absolute Gasteiger partial charge is 0.343 e. The summed E-state index contributed by atoms with van der Waals surface area (Å²) in [6.45, 7) is 3.52. The summed E-state index contributed by atoms with van der Waals surface area (Å²) >= 11 is 0. The van der Waals surface area contributed by atoms with Gasteiger partial charge in [0, 0.05) is 0 Å². The van der Waals surface area contributed by atoms with E-state index in [-0.39, 0.29) is 5.91 Å². The van der Waals surface area contributed by atoms with E-state index in [0.717, 1.165) is 22.3 Å². The Morgan fingerprint density at radius 3 is 2.08 bits per heavy atom. The molecule has 0 unspecified atom stereocenters. The Morgan fingerprint density at radius 2 is 1.39 bits per heavy atom. The second-order valence-corrected chi connectivity index (χ2v) is 8.16. The number of aryl methyl sites for hydroxylation is 1. The lowest BCUT2D eigenvalue weighted by molar-refractivity contribution is -0.127. The molecule has 0 heterocycles. The zero-order chi connectivity index (χ0) is 25.3. The SMILES string of the molecule is Cc1ccccc1C(=O)Oc1ccc(/C=N\NC(=O)[C@@H](C)Oc2ccc(-c3ccccc3)cc2)cc1. The van der Waals surface area contributed by atoms with Crippen LogP contribution in [0, 0.1) is 6.92 Å². The number of benzene rings is 4. The molecule has 36 heavy (non-hydrogen) atoms. The van der Waals surface area contributed by atoms with Crippen LogP contribution in [0.4, 0.5) is 0 Å². The fourth-order valence-corrected chi connectivity index (χ4v) is 3.46. The Morgan fingerprint density at radius 1 is 0.778 bits per heavy atom. The highest BCUT2D eigenvalue weighted by molar-refractivity contribution is 5.92. The van der Waals surface area contributed by atoms with Crippen LogP contribution in [0.3, 0.4) is 0 Å². The second-order valence-electron chi connectivity index (χ2n) is 8.16. The van der Waals surface area contributed by atoms with Crippen molar-refractivity contribution in [2.45, 2.75) is 20.0 Å². The molecule has 0 aliphatic rings. The Balaban J connectivity index is 1.26. The number of hydrogen-bond donors (Lipinski definition) is 1. The number of esters is 1. The van der Waals surface area contributed by atoms with Crippen molar-refractivity contribution in [1.29, 1.82) is 0 Å². The minimum Gasteiger partial charge on any atom is -0.481 e. The Kier molecular flexibility index (Phi) is 7.88. The van der Waals surface area contributed by atoms with E-state index in [1.54, 1.807) is 43.3 Å². The van der Waals surface area contributed by atoms with Crippen LogP contribution in [0.2, 0.25) is 0 Å². The number of nitrogens with one attached hydrogen (secondary N) is 1. The second kappa shape index (κ2) is 11.6. The van der Waals surface area contributed by atoms with E-state index in [1.807, 2.05) is 73.7 Å². The van der Waals surface area contributed by atoms with Crippen LogP contribution in [0.25, 0.3) is 11.1 Å². The van der Waals surface area contributed by atoms with Gasteiger partial charge in [-0.3, -0.25) is 4.79 Å². The van der Waals surface area contributed by atoms with Gasteiger partial charge in [-0.2, -0.15) is 5.10 Å². The molecular formula is C30H26N2O4. The van der Waals surface area contributed by atoms with Crippen LogP contribution in [0.1, 0.15) is 28.4 Å². The molecule has 0 aliphatic carbocycles. The third-order valence-corrected chi connectivity index (χ3v) is 5.49. The number of nitrogens with zero attached hydrogens (tertiary/aromatic N) is 1. The fourth-order valence-electron chi connectivity index (χ4n) is 3.46. The third-order valence-electron chi connectivity index (χ3n) is 5.49. The molecule has 4 aromatic rings. The quantitative estimate of drug-likeness (QED) is 0.150. The van der Waals surface area contributed by atoms with Crippen molar-refractivity contribution in [2.24, 2.45) is 5.10 Å². The first-order valence-corrected chi connectivity index (χ1v) is 11.5. The van der Waals surface area contributed by atoms with Gasteiger partial charge < -0.3 is 9.47 Å². The van der Waals surface area contributed by atoms with E-state index in [9.17, 15) is 9.59 Å². The van der Waals surface area contributed by atoms with Gasteiger partial charge in [-0.05, 0) is 78.6 Å². The van der Waals surface area contributed by atoms with Gasteiger partial charge >= 0.3 is 5.97 Å². The van der Waals surface area contributed by atoms with Crippen LogP contribution >= 0.6 is 0 Å². The summed E-state index contributed by atoms with van der Waals surface area (Å²) < 4.78 is 11.2. The van der Waals surface area contributed by atoms with Gasteiger partial charge in [-0.25, -0.2) is 10.2 Å². The minimum atomic E-state index is -0.729. The first-order valence-electron chi connectivity index (χ1n) is 11.5. The molecule has 4 aromatic carbocycles. The molecular weight excluding hydrogens is 452 g/mol. The summed E-state index contributed by atoms with van der Waals surface area (Å²) in [7, 11) is 0. The van der Waals surface area contributed by atoms with Crippen molar-refractivity contribution in [3.63, 3.8) is 0 Å². The summed E-state index contributed by atoms with van der Waals surface area (Å²) in [5.41, 5.74) is 6.77. The van der Waals surface area contributed by atoms with Gasteiger partial charge in [0.25, 0.3) is 5.91 Å². The van der Waals surface area contributed by atoms with E-state index in [2.05, 4.69) is 10.5 Å². The maximum Gasteiger partial charge on any atom is 0.343 e. The molecule has 1 N–H and O–H groups in total. The van der Waals surface area contributed by atoms with Crippen LogP contribution < -0.4 is 14.9 Å². The molecule has 0 fully saturated rings. The summed E-state index contributed by atoms with van der Waals surface area (Å²) in [6, 6.07) is 31.7. The standard InChI is InChI=1S/C30H26N2O4/c1-21-8-6-7-11-28(21)30(34)36-27-16-12-23(13-17-27)20-31-32-29(33)22(2)35-26-18-14-25(15-19-26)24-9-4-3-5-10-24/h3-20,22H,1-2H3,(H,32,33)/b31-20-/t22-/m1/s1. The van der Waals surface area contributed by atoms with E-state index in [0.29, 0.717) is 17.1 Å². The summed E-state index contributed by atoms with van der Waals surface area (Å²) in [6.07, 6.45) is 0.777. The van der Waals surface area contributed by atoms with Gasteiger partial charge in [0.15, 0.2) is 6.10 Å². The van der Waals surface area contributed by atoms with Crippen LogP contribution in [0.15, 0.2) is 108 Å². The maximum atomic E-state index is 12.4. The normalized spacial score (nSPS) is 11.6. The average molecular weight is 479 g/mol. The summed E-state index contributed by atoms with van der Waals surface area (Å²) in [4.78, 5) is 24.7. The number of ether oxygens (including phenoxy) is 2. The molecule has 6 heteroatoms. The summed E-state index contributed by atoms with van der Waals surface area (Å²) in [5.74, 6) is 0.231. The molecule has 0 saturated heterocycles. The zero-order valence-corrected chi connectivity index (χ0v) is 20.0. The Bertz CT molecular complexity index is 1350. The summed E-state index contributed by atoms with van der Waals surface area (Å²) in [5, 5.41) is 4.00. The average Bonchev–Trinajstić information content (AvgIpc) is 2.90. The number of carbonyl (C=O) groups excluding carboxylic acids is 2. The molecule has 0 spiro atoms. The van der Waals surface area contributed by atoms with Gasteiger partial charge in [-0.1, -0.05) is 60.7 Å². The lowest BCUT2D eigenvalue weighted by atomic mass is 10.1. The number of rotatable bonds is 8. The highest BCUT2D eigenvalue weighted by Gasteiger charge is 2.14. The molecule has 0 aliphatic heterocycles. The van der Waals surface area contributed by atoms with Crippen molar-refractivity contribution in [1.82, 2.24) is 5.43 Å². The van der Waals surface area contributed by atoms with Crippen LogP contribution in [-0.2, 0) is 4.79 Å². The van der Waals surface area contributed by atoms with E-state index in [4.69, 9.17) is 9.47 Å². The first-order chi connectivity index (χ1) is 17.5. The number of amides is 1. The van der Waals surface area contributed by atoms with E-state index >= 15 is 0 Å². The predicted octanol–water partition coefficient (Wildman–Crippen LogP) is 5.80. The van der Waals surface area contributed by atoms with Crippen LogP contribution in [0.5, 0.6) is 11.5 Å². The number of carbonyl (C=O) groups is 2. The van der Waals surface area contributed by atoms with Gasteiger partial charge in [0.2, 0.25) is 0 Å². The molecule has 180 valence electrons. The van der Waals surface area contributed by atoms with Gasteiger partial charge in [0.05, 0.1) is 11.8 Å². The van der Waals surface area contributed by atoms with Gasteiger partial charge in [0.1, 0.15) is 11.5 Å². The first kappa shape index (κ1) is 24.4. The molecule has 0 bridgehead atoms. The van der Waals surface area contributed by atoms with E-state index in [1.165, 1.54) is 6.21 Å². The number of hydrazone groups is 1. The van der Waals surface area contributed by atoms with Crippen molar-refractivity contribution in [3.8, 4) is 22.6 Å². The molecule has 0 saturated carbocycles. The third kappa shape index (κ3) is 6.45. The lowest BCUT2D eigenvalue weighted by Gasteiger charge is -2.13. The molecule has 4 rings (SSSR count). The highest BCUT2D eigenvalue weighted by Crippen LogP contribution is 2.22. The monoisotopic (exact) mass is 478 g/mol. The number of hydrogen-bond acceptors (Lipinski definition) is 5. The Hall–Kier alpha value is -4.71. The van der Waals surface area contributed by atoms with Gasteiger partial charge in [-0.15, -0.1) is 0 Å². The largest absolute Gasteiger partial charge is 0.481 e. The molecule has 1 atom stereocenters. The van der Waals surface area contributed by atoms with E-state index < -0.39 is 12.1 Å².